The van der Waals surface area contributed by atoms with Gasteiger partial charge in [-0.15, -0.1) is 0 Å². The lowest BCUT2D eigenvalue weighted by molar-refractivity contribution is 0.0523. The second-order valence-electron chi connectivity index (χ2n) is 7.45. The number of aromatic nitrogens is 4. The first kappa shape index (κ1) is 19.2. The summed E-state index contributed by atoms with van der Waals surface area (Å²) in [4.78, 5) is 32.4. The van der Waals surface area contributed by atoms with Gasteiger partial charge in [0.1, 0.15) is 11.2 Å². The number of hydrogen-bond donors (Lipinski definition) is 0. The Hall–Kier alpha value is -3.08. The van der Waals surface area contributed by atoms with Crippen LogP contribution in [0.25, 0.3) is 0 Å². The fraction of sp³-hybridized carbons (Fsp3) is 0.444. The molecule has 8 nitrogen and oxygen atoms in total. The molecule has 2 aromatic heterocycles. The highest BCUT2D eigenvalue weighted by atomic mass is 16.6. The van der Waals surface area contributed by atoms with Gasteiger partial charge in [-0.05, 0) is 53.4 Å². The largest absolute Gasteiger partial charge is 0.443 e. The van der Waals surface area contributed by atoms with E-state index in [0.29, 0.717) is 0 Å². The number of ether oxygens (including phenoxy) is 2. The number of carbonyl (C=O) groups excluding carboxylic acids is 2. The molecular weight excluding hydrogens is 336 g/mol. The van der Waals surface area contributed by atoms with E-state index in [1.165, 1.54) is 33.9 Å². The third-order valence-corrected chi connectivity index (χ3v) is 2.75. The Kier molecular flexibility index (Phi) is 5.21. The molecule has 0 aromatic carbocycles. The van der Waals surface area contributed by atoms with Crippen LogP contribution in [0.2, 0.25) is 0 Å². The van der Waals surface area contributed by atoms with Crippen molar-refractivity contribution in [3.8, 4) is 11.8 Å². The topological polar surface area (TPSA) is 88.2 Å². The fourth-order valence-corrected chi connectivity index (χ4v) is 1.82. The lowest BCUT2D eigenvalue weighted by Gasteiger charge is -2.19. The van der Waals surface area contributed by atoms with Gasteiger partial charge in [0.05, 0.1) is 0 Å². The highest BCUT2D eigenvalue weighted by Gasteiger charge is 2.20. The second kappa shape index (κ2) is 7.04. The molecule has 2 rings (SSSR count). The number of hydrogen-bond acceptors (Lipinski definition) is 6. The summed E-state index contributed by atoms with van der Waals surface area (Å²) in [5, 5.41) is 0. The van der Waals surface area contributed by atoms with Gasteiger partial charge in [-0.25, -0.2) is 28.7 Å². The molecule has 0 amide bonds. The van der Waals surface area contributed by atoms with Crippen molar-refractivity contribution in [1.82, 2.24) is 19.1 Å². The van der Waals surface area contributed by atoms with Crippen molar-refractivity contribution >= 4 is 12.2 Å². The lowest BCUT2D eigenvalue weighted by Crippen LogP contribution is -2.27. The SMILES string of the molecule is CC(C)(C)OC(=O)n1ccnc1C#Cc1nccn1C(=O)OC(C)(C)C. The molecule has 0 radical (unpaired) electrons. The van der Waals surface area contributed by atoms with E-state index < -0.39 is 23.4 Å². The minimum Gasteiger partial charge on any atom is -0.443 e. The van der Waals surface area contributed by atoms with Crippen LogP contribution >= 0.6 is 0 Å². The Morgan fingerprint density at radius 2 is 1.15 bits per heavy atom. The molecule has 0 aliphatic rings. The Labute approximate surface area is 152 Å². The van der Waals surface area contributed by atoms with Gasteiger partial charge in [-0.3, -0.25) is 0 Å². The van der Waals surface area contributed by atoms with E-state index in [1.54, 1.807) is 41.5 Å². The van der Waals surface area contributed by atoms with Crippen LogP contribution in [0.4, 0.5) is 9.59 Å². The number of carbonyl (C=O) groups is 2. The molecule has 26 heavy (non-hydrogen) atoms. The maximum absolute atomic E-state index is 12.2. The van der Waals surface area contributed by atoms with Gasteiger partial charge in [0.2, 0.25) is 0 Å². The predicted octanol–water partition coefficient (Wildman–Crippen LogP) is 3.05. The van der Waals surface area contributed by atoms with Crippen molar-refractivity contribution in [3.63, 3.8) is 0 Å². The smallest absolute Gasteiger partial charge is 0.420 e. The van der Waals surface area contributed by atoms with Crippen LogP contribution in [0.3, 0.4) is 0 Å². The van der Waals surface area contributed by atoms with Crippen LogP contribution in [-0.2, 0) is 9.47 Å². The zero-order valence-electron chi connectivity index (χ0n) is 15.7. The Morgan fingerprint density at radius 1 is 0.808 bits per heavy atom. The molecule has 0 bridgehead atoms. The molecule has 8 heteroatoms. The number of nitrogens with zero attached hydrogens (tertiary/aromatic N) is 4. The Bertz CT molecular complexity index is 799. The van der Waals surface area contributed by atoms with Crippen molar-refractivity contribution < 1.29 is 19.1 Å². The van der Waals surface area contributed by atoms with E-state index in [-0.39, 0.29) is 11.6 Å². The standard InChI is InChI=1S/C18H22N4O4/c1-17(2,3)25-15(23)21-11-9-19-13(21)7-8-14-20-10-12-22(14)16(24)26-18(4,5)6/h9-12H,1-6H3. The van der Waals surface area contributed by atoms with Gasteiger partial charge >= 0.3 is 12.2 Å². The van der Waals surface area contributed by atoms with Crippen molar-refractivity contribution in [2.24, 2.45) is 0 Å². The molecule has 0 aliphatic carbocycles. The minimum absolute atomic E-state index is 0.179. The van der Waals surface area contributed by atoms with Gasteiger partial charge < -0.3 is 9.47 Å². The molecule has 0 aliphatic heterocycles. The zero-order chi connectivity index (χ0) is 19.5. The summed E-state index contributed by atoms with van der Waals surface area (Å²) < 4.78 is 13.0. The van der Waals surface area contributed by atoms with Gasteiger partial charge in [-0.2, -0.15) is 0 Å². The van der Waals surface area contributed by atoms with Crippen LogP contribution in [-0.4, -0.2) is 42.5 Å². The van der Waals surface area contributed by atoms with Crippen molar-refractivity contribution in [2.75, 3.05) is 0 Å². The summed E-state index contributed by atoms with van der Waals surface area (Å²) in [6, 6.07) is 0. The van der Waals surface area contributed by atoms with E-state index in [1.807, 2.05) is 0 Å². The molecule has 2 aromatic rings. The molecule has 0 N–H and O–H groups in total. The van der Waals surface area contributed by atoms with Crippen LogP contribution in [0.5, 0.6) is 0 Å². The summed E-state index contributed by atoms with van der Waals surface area (Å²) in [5.74, 6) is 5.82. The maximum atomic E-state index is 12.2. The van der Waals surface area contributed by atoms with Gasteiger partial charge in [0.25, 0.3) is 0 Å². The normalized spacial score (nSPS) is 11.5. The zero-order valence-corrected chi connectivity index (χ0v) is 15.7. The molecule has 138 valence electrons. The van der Waals surface area contributed by atoms with Crippen molar-refractivity contribution in [2.45, 2.75) is 52.7 Å². The average molecular weight is 358 g/mol. The fourth-order valence-electron chi connectivity index (χ4n) is 1.82. The van der Waals surface area contributed by atoms with E-state index in [9.17, 15) is 9.59 Å². The third kappa shape index (κ3) is 5.21. The summed E-state index contributed by atoms with van der Waals surface area (Å²) in [6.07, 6.45) is 4.61. The highest BCUT2D eigenvalue weighted by Crippen LogP contribution is 2.11. The summed E-state index contributed by atoms with van der Waals surface area (Å²) in [7, 11) is 0. The molecule has 0 fully saturated rings. The van der Waals surface area contributed by atoms with E-state index >= 15 is 0 Å². The first-order valence-corrected chi connectivity index (χ1v) is 8.02. The van der Waals surface area contributed by atoms with E-state index in [2.05, 4.69) is 21.8 Å². The Balaban J connectivity index is 2.25. The van der Waals surface area contributed by atoms with Gasteiger partial charge in [-0.1, -0.05) is 0 Å². The monoisotopic (exact) mass is 358 g/mol. The van der Waals surface area contributed by atoms with Crippen molar-refractivity contribution in [3.05, 3.63) is 36.4 Å². The molecule has 0 unspecified atom stereocenters. The predicted molar refractivity (Wildman–Crippen MR) is 93.7 cm³/mol. The first-order valence-electron chi connectivity index (χ1n) is 8.02. The molecular formula is C18H22N4O4. The molecule has 0 atom stereocenters. The van der Waals surface area contributed by atoms with Crippen molar-refractivity contribution in [1.29, 1.82) is 0 Å². The number of imidazole rings is 2. The summed E-state index contributed by atoms with van der Waals surface area (Å²) in [5.41, 5.74) is -1.28. The summed E-state index contributed by atoms with van der Waals surface area (Å²) >= 11 is 0. The Morgan fingerprint density at radius 3 is 1.46 bits per heavy atom. The maximum Gasteiger partial charge on any atom is 0.420 e. The molecule has 2 heterocycles. The molecule has 0 saturated heterocycles. The second-order valence-corrected chi connectivity index (χ2v) is 7.45. The molecule has 0 saturated carbocycles. The minimum atomic E-state index is -0.640. The quantitative estimate of drug-likeness (QED) is 0.673. The first-order chi connectivity index (χ1) is 12.0. The summed E-state index contributed by atoms with van der Waals surface area (Å²) in [6.45, 7) is 10.6. The third-order valence-electron chi connectivity index (χ3n) is 2.75. The van der Waals surface area contributed by atoms with Crippen LogP contribution in [0, 0.1) is 11.8 Å². The highest BCUT2D eigenvalue weighted by molar-refractivity contribution is 5.73. The lowest BCUT2D eigenvalue weighted by atomic mass is 10.2. The van der Waals surface area contributed by atoms with Crippen LogP contribution in [0.15, 0.2) is 24.8 Å². The van der Waals surface area contributed by atoms with Gasteiger partial charge in [0, 0.05) is 24.8 Å². The average Bonchev–Trinajstić information content (AvgIpc) is 3.10. The van der Waals surface area contributed by atoms with Gasteiger partial charge in [0.15, 0.2) is 11.6 Å². The molecule has 0 spiro atoms. The van der Waals surface area contributed by atoms with Crippen LogP contribution < -0.4 is 0 Å². The van der Waals surface area contributed by atoms with E-state index in [0.717, 1.165) is 0 Å². The van der Waals surface area contributed by atoms with Crippen LogP contribution in [0.1, 0.15) is 53.2 Å². The van der Waals surface area contributed by atoms with E-state index in [4.69, 9.17) is 9.47 Å². The number of rotatable bonds is 0.